The summed E-state index contributed by atoms with van der Waals surface area (Å²) in [7, 11) is -4.92. The molecule has 0 bridgehead atoms. The molecule has 0 unspecified atom stereocenters. The van der Waals surface area contributed by atoms with E-state index >= 15 is 0 Å². The normalized spacial score (nSPS) is 16.5. The number of halogens is 6. The maximum Gasteiger partial charge on any atom is 0.417 e. The Labute approximate surface area is 214 Å². The Balaban J connectivity index is 2.11. The number of carbonyl (C=O) groups is 1. The summed E-state index contributed by atoms with van der Waals surface area (Å²) >= 11 is 0.903. The highest BCUT2D eigenvalue weighted by atomic mass is 32.2. The molecular weight excluding hydrogens is 546 g/mol. The minimum atomic E-state index is -5.03. The Hall–Kier alpha value is -2.19. The zero-order valence-corrected chi connectivity index (χ0v) is 21.8. The molecule has 1 aliphatic rings. The van der Waals surface area contributed by atoms with Crippen LogP contribution in [0.4, 0.5) is 26.3 Å². The van der Waals surface area contributed by atoms with Gasteiger partial charge in [-0.25, -0.2) is 13.4 Å². The highest BCUT2D eigenvalue weighted by Crippen LogP contribution is 2.44. The zero-order chi connectivity index (χ0) is 28.0. The van der Waals surface area contributed by atoms with Crippen LogP contribution < -0.4 is 4.72 Å². The van der Waals surface area contributed by atoms with E-state index in [9.17, 15) is 44.7 Å². The second kappa shape index (κ2) is 10.2. The lowest BCUT2D eigenvalue weighted by molar-refractivity contribution is -0.147. The van der Waals surface area contributed by atoms with E-state index in [4.69, 9.17) is 0 Å². The molecule has 1 heterocycles. The number of nitrogens with zero attached hydrogens (tertiary/aromatic N) is 1. The molecule has 0 amide bonds. The Morgan fingerprint density at radius 1 is 1.19 bits per heavy atom. The van der Waals surface area contributed by atoms with Crippen LogP contribution in [0.3, 0.4) is 0 Å². The Bertz CT molecular complexity index is 1260. The first-order valence-corrected chi connectivity index (χ1v) is 13.6. The minimum absolute atomic E-state index is 0.0300. The third kappa shape index (κ3) is 6.82. The number of alkyl halides is 6. The average Bonchev–Trinajstić information content (AvgIpc) is 3.10. The third-order valence-corrected chi connectivity index (χ3v) is 8.96. The molecule has 1 atom stereocenters. The molecule has 6 nitrogen and oxygen atoms in total. The van der Waals surface area contributed by atoms with Gasteiger partial charge < -0.3 is 5.11 Å². The van der Waals surface area contributed by atoms with Crippen LogP contribution in [0.2, 0.25) is 0 Å². The molecule has 14 heteroatoms. The number of aliphatic carboxylic acids is 1. The lowest BCUT2D eigenvalue weighted by Gasteiger charge is -2.25. The van der Waals surface area contributed by atoms with Crippen molar-refractivity contribution in [3.63, 3.8) is 0 Å². The summed E-state index contributed by atoms with van der Waals surface area (Å²) in [4.78, 5) is 15.2. The summed E-state index contributed by atoms with van der Waals surface area (Å²) in [6.07, 6.45) is -6.89. The third-order valence-electron chi connectivity index (χ3n) is 6.29. The van der Waals surface area contributed by atoms with Gasteiger partial charge >= 0.3 is 18.3 Å². The van der Waals surface area contributed by atoms with Gasteiger partial charge in [0.15, 0.2) is 0 Å². The quantitative estimate of drug-likeness (QED) is 0.357. The van der Waals surface area contributed by atoms with Crippen LogP contribution in [-0.2, 0) is 33.8 Å². The summed E-state index contributed by atoms with van der Waals surface area (Å²) in [5.41, 5.74) is -2.57. The van der Waals surface area contributed by atoms with Gasteiger partial charge in [-0.05, 0) is 45.2 Å². The standard InChI is InChI=1S/C23H26F6N2O4S2/c1-12(22(24,25)26)31-37(34,35)14-7-8-15(16(10-14)23(27,28)29)19-17(9-13-5-4-6-13)30-18(36-19)11-21(2,3)20(32)33/h7-8,10,12-13,31H,4-6,9,11H2,1-3H3,(H,32,33)/t12-/m0/s1. The Kier molecular flexibility index (Phi) is 8.08. The van der Waals surface area contributed by atoms with E-state index in [1.165, 1.54) is 18.6 Å². The predicted molar refractivity (Wildman–Crippen MR) is 125 cm³/mol. The number of hydrogen-bond acceptors (Lipinski definition) is 5. The molecule has 0 spiro atoms. The van der Waals surface area contributed by atoms with Crippen LogP contribution in [0.1, 0.15) is 56.3 Å². The molecule has 1 aliphatic carbocycles. The van der Waals surface area contributed by atoms with Gasteiger partial charge in [0.25, 0.3) is 0 Å². The van der Waals surface area contributed by atoms with Gasteiger partial charge in [0.1, 0.15) is 6.04 Å². The molecule has 1 aromatic heterocycles. The van der Waals surface area contributed by atoms with Crippen molar-refractivity contribution in [3.05, 3.63) is 34.5 Å². The zero-order valence-electron chi connectivity index (χ0n) is 20.1. The van der Waals surface area contributed by atoms with E-state index in [-0.39, 0.29) is 22.8 Å². The minimum Gasteiger partial charge on any atom is -0.481 e. The first-order valence-electron chi connectivity index (χ1n) is 11.3. The van der Waals surface area contributed by atoms with Gasteiger partial charge in [-0.3, -0.25) is 4.79 Å². The molecule has 2 N–H and O–H groups in total. The largest absolute Gasteiger partial charge is 0.481 e. The van der Waals surface area contributed by atoms with Crippen LogP contribution in [0.15, 0.2) is 23.1 Å². The van der Waals surface area contributed by atoms with Crippen molar-refractivity contribution in [2.24, 2.45) is 11.3 Å². The maximum absolute atomic E-state index is 14.1. The monoisotopic (exact) mass is 572 g/mol. The van der Waals surface area contributed by atoms with Crippen molar-refractivity contribution in [2.45, 2.75) is 76.2 Å². The average molecular weight is 573 g/mol. The first-order chi connectivity index (χ1) is 16.8. The fraction of sp³-hybridized carbons (Fsp3) is 0.565. The highest BCUT2D eigenvalue weighted by molar-refractivity contribution is 7.89. The topological polar surface area (TPSA) is 96.4 Å². The van der Waals surface area contributed by atoms with Crippen molar-refractivity contribution in [1.29, 1.82) is 0 Å². The molecule has 1 fully saturated rings. The molecule has 0 radical (unpaired) electrons. The fourth-order valence-corrected chi connectivity index (χ4v) is 6.35. The van der Waals surface area contributed by atoms with E-state index in [1.807, 2.05) is 0 Å². The van der Waals surface area contributed by atoms with Gasteiger partial charge in [-0.15, -0.1) is 11.3 Å². The van der Waals surface area contributed by atoms with Crippen LogP contribution >= 0.6 is 11.3 Å². The van der Waals surface area contributed by atoms with Crippen molar-refractivity contribution >= 4 is 27.3 Å². The maximum atomic E-state index is 14.1. The van der Waals surface area contributed by atoms with Gasteiger partial charge in [-0.2, -0.15) is 31.1 Å². The van der Waals surface area contributed by atoms with E-state index in [0.29, 0.717) is 30.1 Å². The van der Waals surface area contributed by atoms with Crippen molar-refractivity contribution in [2.75, 3.05) is 0 Å². The number of aromatic nitrogens is 1. The SMILES string of the molecule is C[C@H](NS(=O)(=O)c1ccc(-c2sc(CC(C)(C)C(=O)O)nc2CC2CCC2)c(C(F)(F)F)c1)C(F)(F)F. The van der Waals surface area contributed by atoms with E-state index in [1.54, 1.807) is 0 Å². The van der Waals surface area contributed by atoms with Crippen LogP contribution in [0.25, 0.3) is 10.4 Å². The fourth-order valence-electron chi connectivity index (χ4n) is 3.74. The summed E-state index contributed by atoms with van der Waals surface area (Å²) < 4.78 is 107. The molecule has 2 aromatic rings. The molecule has 206 valence electrons. The second-order valence-corrected chi connectivity index (χ2v) is 12.6. The van der Waals surface area contributed by atoms with Gasteiger partial charge in [-0.1, -0.05) is 25.3 Å². The number of thiazole rings is 1. The second-order valence-electron chi connectivity index (χ2n) is 9.84. The highest BCUT2D eigenvalue weighted by Gasteiger charge is 2.41. The molecule has 0 saturated heterocycles. The molecular formula is C23H26F6N2O4S2. The number of benzene rings is 1. The molecule has 1 aromatic carbocycles. The van der Waals surface area contributed by atoms with Crippen molar-refractivity contribution in [3.8, 4) is 10.4 Å². The number of sulfonamides is 1. The summed E-state index contributed by atoms with van der Waals surface area (Å²) in [5, 5.41) is 9.77. The number of rotatable bonds is 9. The molecule has 37 heavy (non-hydrogen) atoms. The molecule has 1 saturated carbocycles. The lowest BCUT2D eigenvalue weighted by atomic mass is 9.81. The van der Waals surface area contributed by atoms with Gasteiger partial charge in [0.2, 0.25) is 10.0 Å². The summed E-state index contributed by atoms with van der Waals surface area (Å²) in [6, 6.07) is -0.459. The first kappa shape index (κ1) is 29.4. The smallest absolute Gasteiger partial charge is 0.417 e. The van der Waals surface area contributed by atoms with Gasteiger partial charge in [0.05, 0.1) is 31.5 Å². The van der Waals surface area contributed by atoms with Crippen molar-refractivity contribution in [1.82, 2.24) is 9.71 Å². The van der Waals surface area contributed by atoms with E-state index in [2.05, 4.69) is 4.98 Å². The van der Waals surface area contributed by atoms with Crippen LogP contribution in [0, 0.1) is 11.3 Å². The van der Waals surface area contributed by atoms with Gasteiger partial charge in [0, 0.05) is 12.0 Å². The van der Waals surface area contributed by atoms with E-state index in [0.717, 1.165) is 42.7 Å². The molecule has 0 aliphatic heterocycles. The lowest BCUT2D eigenvalue weighted by Crippen LogP contribution is -2.43. The summed E-state index contributed by atoms with van der Waals surface area (Å²) in [6.45, 7) is 3.48. The number of hydrogen-bond donors (Lipinski definition) is 2. The Morgan fingerprint density at radius 3 is 2.30 bits per heavy atom. The van der Waals surface area contributed by atoms with Crippen LogP contribution in [0.5, 0.6) is 0 Å². The number of carboxylic acids is 1. The van der Waals surface area contributed by atoms with Crippen LogP contribution in [-0.4, -0.2) is 36.7 Å². The van der Waals surface area contributed by atoms with E-state index < -0.39 is 50.3 Å². The molecule has 3 rings (SSSR count). The number of nitrogens with one attached hydrogen (secondary N) is 1. The number of carboxylic acid groups (broad SMARTS) is 1. The van der Waals surface area contributed by atoms with Crippen molar-refractivity contribution < 1.29 is 44.7 Å². The summed E-state index contributed by atoms with van der Waals surface area (Å²) in [5.74, 6) is -0.890. The predicted octanol–water partition coefficient (Wildman–Crippen LogP) is 6.05. The Morgan fingerprint density at radius 2 is 1.81 bits per heavy atom.